The number of carbonyl (C=O) groups excluding carboxylic acids is 3. The molecule has 6 nitrogen and oxygen atoms in total. The van der Waals surface area contributed by atoms with E-state index in [0.717, 1.165) is 22.3 Å². The van der Waals surface area contributed by atoms with Crippen molar-refractivity contribution in [1.29, 1.82) is 0 Å². The third kappa shape index (κ3) is 2.84. The lowest BCUT2D eigenvalue weighted by atomic mass is 9.55. The minimum Gasteiger partial charge on any atom is -0.496 e. The van der Waals surface area contributed by atoms with Gasteiger partial charge in [0.1, 0.15) is 17.9 Å². The van der Waals surface area contributed by atoms with E-state index in [1.54, 1.807) is 24.3 Å². The Labute approximate surface area is 197 Å². The number of ether oxygens (including phenoxy) is 2. The molecule has 3 aromatic rings. The smallest absolute Gasteiger partial charge is 0.341 e. The first-order valence-electron chi connectivity index (χ1n) is 11.4. The molecular formula is C28H23NO5. The molecule has 7 rings (SSSR count). The molecule has 0 N–H and O–H groups in total. The molecule has 2 amide bonds. The molecule has 0 saturated carbocycles. The molecule has 6 heteroatoms. The van der Waals surface area contributed by atoms with Crippen LogP contribution in [0.4, 0.5) is 0 Å². The first-order valence-corrected chi connectivity index (χ1v) is 11.4. The van der Waals surface area contributed by atoms with E-state index in [2.05, 4.69) is 24.3 Å². The summed E-state index contributed by atoms with van der Waals surface area (Å²) in [7, 11) is 1.49. The zero-order valence-corrected chi connectivity index (χ0v) is 18.6. The summed E-state index contributed by atoms with van der Waals surface area (Å²) >= 11 is 0. The topological polar surface area (TPSA) is 72.9 Å². The lowest BCUT2D eigenvalue weighted by Gasteiger charge is -2.45. The van der Waals surface area contributed by atoms with Crippen LogP contribution in [0.1, 0.15) is 44.4 Å². The van der Waals surface area contributed by atoms with E-state index in [9.17, 15) is 14.4 Å². The molecule has 3 aliphatic carbocycles. The fraction of sp³-hybridized carbons (Fsp3) is 0.250. The van der Waals surface area contributed by atoms with Crippen molar-refractivity contribution in [2.45, 2.75) is 11.8 Å². The number of carbonyl (C=O) groups is 3. The molecule has 170 valence electrons. The van der Waals surface area contributed by atoms with Crippen LogP contribution in [0, 0.1) is 11.8 Å². The van der Waals surface area contributed by atoms with Gasteiger partial charge in [0.15, 0.2) is 0 Å². The minimum atomic E-state index is -0.547. The fourth-order valence-electron chi connectivity index (χ4n) is 6.08. The molecule has 1 fully saturated rings. The number of imide groups is 1. The molecule has 0 unspecified atom stereocenters. The summed E-state index contributed by atoms with van der Waals surface area (Å²) in [6.45, 7) is -0.0271. The maximum Gasteiger partial charge on any atom is 0.341 e. The Bertz CT molecular complexity index is 1220. The van der Waals surface area contributed by atoms with Gasteiger partial charge >= 0.3 is 5.97 Å². The number of nitrogens with zero attached hydrogens (tertiary/aromatic N) is 1. The Kier molecular flexibility index (Phi) is 4.76. The summed E-state index contributed by atoms with van der Waals surface area (Å²) in [5, 5.41) is 0. The molecule has 0 aromatic heterocycles. The predicted molar refractivity (Wildman–Crippen MR) is 124 cm³/mol. The SMILES string of the molecule is COc1ccccc1C(=O)OCCN1C(=O)[C@@H]2C3c4ccccc4C(c4ccccc43)[C@H]2C1=O. The predicted octanol–water partition coefficient (Wildman–Crippen LogP) is 3.74. The standard InChI is InChI=1S/C28H23NO5/c1-33-21-13-7-6-12-20(21)28(32)34-15-14-29-26(30)24-22-16-8-2-3-9-17(16)23(25(24)27(29)31)19-11-5-4-10-18(19)22/h2-13,22-25H,14-15H2,1H3/t22?,23?,24-,25-/m1/s1. The van der Waals surface area contributed by atoms with Crippen LogP contribution >= 0.6 is 0 Å². The number of hydrogen-bond acceptors (Lipinski definition) is 5. The van der Waals surface area contributed by atoms with Crippen LogP contribution in [0.25, 0.3) is 0 Å². The van der Waals surface area contributed by atoms with Crippen molar-refractivity contribution in [2.24, 2.45) is 11.8 Å². The molecule has 4 aliphatic rings. The maximum atomic E-state index is 13.6. The largest absolute Gasteiger partial charge is 0.496 e. The zero-order valence-electron chi connectivity index (χ0n) is 18.6. The van der Waals surface area contributed by atoms with E-state index in [0.29, 0.717) is 11.3 Å². The van der Waals surface area contributed by atoms with Gasteiger partial charge in [-0.05, 0) is 34.4 Å². The molecule has 2 atom stereocenters. The molecular weight excluding hydrogens is 430 g/mol. The highest BCUT2D eigenvalue weighted by Crippen LogP contribution is 2.60. The van der Waals surface area contributed by atoms with Crippen molar-refractivity contribution in [1.82, 2.24) is 4.90 Å². The van der Waals surface area contributed by atoms with Gasteiger partial charge in [0, 0.05) is 11.8 Å². The Morgan fingerprint density at radius 1 is 0.765 bits per heavy atom. The normalized spacial score (nSPS) is 23.9. The van der Waals surface area contributed by atoms with Crippen molar-refractivity contribution in [3.05, 3.63) is 101 Å². The summed E-state index contributed by atoms with van der Waals surface area (Å²) in [6, 6.07) is 23.1. The van der Waals surface area contributed by atoms with Crippen molar-refractivity contribution in [3.8, 4) is 5.75 Å². The molecule has 34 heavy (non-hydrogen) atoms. The van der Waals surface area contributed by atoms with Gasteiger partial charge in [-0.1, -0.05) is 60.7 Å². The minimum absolute atomic E-state index is 0.0394. The van der Waals surface area contributed by atoms with E-state index in [1.165, 1.54) is 12.0 Å². The second-order valence-corrected chi connectivity index (χ2v) is 8.93. The molecule has 1 aliphatic heterocycles. The molecule has 2 bridgehead atoms. The first-order chi connectivity index (χ1) is 16.6. The van der Waals surface area contributed by atoms with Crippen LogP contribution in [-0.4, -0.2) is 42.9 Å². The third-order valence-electron chi connectivity index (χ3n) is 7.41. The first kappa shape index (κ1) is 20.7. The van der Waals surface area contributed by atoms with Crippen molar-refractivity contribution >= 4 is 17.8 Å². The van der Waals surface area contributed by atoms with Crippen LogP contribution in [0.5, 0.6) is 5.75 Å². The van der Waals surface area contributed by atoms with E-state index in [1.807, 2.05) is 24.3 Å². The highest BCUT2D eigenvalue weighted by atomic mass is 16.5. The van der Waals surface area contributed by atoms with Crippen LogP contribution in [0.15, 0.2) is 72.8 Å². The highest BCUT2D eigenvalue weighted by molar-refractivity contribution is 6.07. The van der Waals surface area contributed by atoms with E-state index in [4.69, 9.17) is 9.47 Å². The van der Waals surface area contributed by atoms with Gasteiger partial charge in [-0.3, -0.25) is 14.5 Å². The number of amides is 2. The van der Waals surface area contributed by atoms with E-state index >= 15 is 0 Å². The zero-order chi connectivity index (χ0) is 23.4. The highest BCUT2D eigenvalue weighted by Gasteiger charge is 2.61. The number of benzene rings is 3. The summed E-state index contributed by atoms with van der Waals surface area (Å²) in [6.07, 6.45) is 0. The average Bonchev–Trinajstić information content (AvgIpc) is 3.14. The Hall–Kier alpha value is -3.93. The van der Waals surface area contributed by atoms with Crippen LogP contribution in [-0.2, 0) is 14.3 Å². The van der Waals surface area contributed by atoms with E-state index < -0.39 is 17.8 Å². The van der Waals surface area contributed by atoms with Gasteiger partial charge in [0.25, 0.3) is 0 Å². The monoisotopic (exact) mass is 453 g/mol. The van der Waals surface area contributed by atoms with E-state index in [-0.39, 0.29) is 36.8 Å². The average molecular weight is 453 g/mol. The lowest BCUT2D eigenvalue weighted by Crippen LogP contribution is -2.41. The number of rotatable bonds is 5. The van der Waals surface area contributed by atoms with Gasteiger partial charge in [0.2, 0.25) is 11.8 Å². The van der Waals surface area contributed by atoms with Crippen molar-refractivity contribution in [2.75, 3.05) is 20.3 Å². The number of para-hydroxylation sites is 1. The summed E-state index contributed by atoms with van der Waals surface area (Å²) < 4.78 is 10.6. The summed E-state index contributed by atoms with van der Waals surface area (Å²) in [5.74, 6) is -1.61. The second-order valence-electron chi connectivity index (χ2n) is 8.93. The van der Waals surface area contributed by atoms with Crippen LogP contribution in [0.3, 0.4) is 0 Å². The maximum absolute atomic E-state index is 13.6. The Balaban J connectivity index is 1.26. The second kappa shape index (κ2) is 7.83. The molecule has 3 aromatic carbocycles. The van der Waals surface area contributed by atoms with Gasteiger partial charge in [-0.15, -0.1) is 0 Å². The number of hydrogen-bond donors (Lipinski definition) is 0. The number of esters is 1. The molecule has 0 spiro atoms. The third-order valence-corrected chi connectivity index (χ3v) is 7.41. The molecule has 1 heterocycles. The van der Waals surface area contributed by atoms with Crippen molar-refractivity contribution < 1.29 is 23.9 Å². The Morgan fingerprint density at radius 2 is 1.24 bits per heavy atom. The quantitative estimate of drug-likeness (QED) is 0.435. The number of likely N-dealkylation sites (tertiary alicyclic amines) is 1. The summed E-state index contributed by atoms with van der Waals surface area (Å²) in [5.41, 5.74) is 4.86. The van der Waals surface area contributed by atoms with Gasteiger partial charge in [-0.2, -0.15) is 0 Å². The van der Waals surface area contributed by atoms with Gasteiger partial charge < -0.3 is 9.47 Å². The fourth-order valence-corrected chi connectivity index (χ4v) is 6.08. The molecule has 1 saturated heterocycles. The van der Waals surface area contributed by atoms with Gasteiger partial charge in [-0.25, -0.2) is 4.79 Å². The Morgan fingerprint density at radius 3 is 1.74 bits per heavy atom. The summed E-state index contributed by atoms with van der Waals surface area (Å²) in [4.78, 5) is 40.9. The van der Waals surface area contributed by atoms with Crippen LogP contribution < -0.4 is 4.74 Å². The number of methoxy groups -OCH3 is 1. The van der Waals surface area contributed by atoms with Gasteiger partial charge in [0.05, 0.1) is 25.5 Å². The molecule has 0 radical (unpaired) electrons. The lowest BCUT2D eigenvalue weighted by molar-refractivity contribution is -0.140. The van der Waals surface area contributed by atoms with Crippen molar-refractivity contribution in [3.63, 3.8) is 0 Å². The van der Waals surface area contributed by atoms with Crippen LogP contribution in [0.2, 0.25) is 0 Å².